The quantitative estimate of drug-likeness (QED) is 0.875. The Morgan fingerprint density at radius 3 is 2.79 bits per heavy atom. The molecule has 1 aliphatic rings. The second-order valence-corrected chi connectivity index (χ2v) is 6.06. The molecule has 1 unspecified atom stereocenters. The van der Waals surface area contributed by atoms with Crippen LogP contribution in [-0.2, 0) is 4.74 Å². The van der Waals surface area contributed by atoms with Crippen molar-refractivity contribution in [3.05, 3.63) is 24.3 Å². The molecule has 0 spiro atoms. The molecule has 0 saturated carbocycles. The van der Waals surface area contributed by atoms with E-state index in [1.807, 2.05) is 18.2 Å². The fraction of sp³-hybridized carbons (Fsp3) is 0.625. The molecule has 0 aromatic heterocycles. The molecule has 1 N–H and O–H groups in total. The minimum atomic E-state index is -0.174. The maximum atomic E-state index is 5.96. The number of nitrogens with one attached hydrogen (secondary N) is 1. The first kappa shape index (κ1) is 14.2. The number of rotatable bonds is 5. The number of hydrogen-bond donors (Lipinski definition) is 1. The van der Waals surface area contributed by atoms with Crippen LogP contribution in [0.4, 0.5) is 5.69 Å². The Morgan fingerprint density at radius 2 is 2.11 bits per heavy atom. The molecule has 1 aromatic carbocycles. The van der Waals surface area contributed by atoms with Crippen molar-refractivity contribution >= 4 is 5.69 Å². The van der Waals surface area contributed by atoms with Crippen LogP contribution in [0.5, 0.6) is 5.75 Å². The molecule has 2 rings (SSSR count). The van der Waals surface area contributed by atoms with Gasteiger partial charge in [-0.05, 0) is 52.2 Å². The molecule has 1 fully saturated rings. The second-order valence-electron chi connectivity index (χ2n) is 6.06. The SMILES string of the molecule is CC(C)(C)Oc1ccccc1NCCC1CCCO1. The molecular weight excluding hydrogens is 238 g/mol. The van der Waals surface area contributed by atoms with E-state index in [4.69, 9.17) is 9.47 Å². The van der Waals surface area contributed by atoms with E-state index in [1.54, 1.807) is 0 Å². The molecule has 3 nitrogen and oxygen atoms in total. The van der Waals surface area contributed by atoms with Gasteiger partial charge >= 0.3 is 0 Å². The average molecular weight is 263 g/mol. The van der Waals surface area contributed by atoms with E-state index in [1.165, 1.54) is 12.8 Å². The lowest BCUT2D eigenvalue weighted by Crippen LogP contribution is -2.23. The van der Waals surface area contributed by atoms with Crippen molar-refractivity contribution in [3.8, 4) is 5.75 Å². The average Bonchev–Trinajstić information content (AvgIpc) is 2.82. The van der Waals surface area contributed by atoms with Crippen molar-refractivity contribution in [1.29, 1.82) is 0 Å². The topological polar surface area (TPSA) is 30.5 Å². The van der Waals surface area contributed by atoms with Crippen LogP contribution in [0.1, 0.15) is 40.0 Å². The Bertz CT molecular complexity index is 392. The van der Waals surface area contributed by atoms with E-state index in [9.17, 15) is 0 Å². The summed E-state index contributed by atoms with van der Waals surface area (Å²) in [6.07, 6.45) is 3.89. The first-order valence-corrected chi connectivity index (χ1v) is 7.18. The molecule has 0 radical (unpaired) electrons. The van der Waals surface area contributed by atoms with Gasteiger partial charge in [-0.25, -0.2) is 0 Å². The monoisotopic (exact) mass is 263 g/mol. The molecule has 1 heterocycles. The van der Waals surface area contributed by atoms with E-state index in [-0.39, 0.29) is 5.60 Å². The Morgan fingerprint density at radius 1 is 1.32 bits per heavy atom. The molecular formula is C16H25NO2. The van der Waals surface area contributed by atoms with Crippen LogP contribution in [0.15, 0.2) is 24.3 Å². The molecule has 0 aliphatic carbocycles. The summed E-state index contributed by atoms with van der Waals surface area (Å²) in [5, 5.41) is 3.46. The molecule has 1 aliphatic heterocycles. The third kappa shape index (κ3) is 4.75. The van der Waals surface area contributed by atoms with Gasteiger partial charge in [0, 0.05) is 13.2 Å². The summed E-state index contributed by atoms with van der Waals surface area (Å²) in [7, 11) is 0. The Kier molecular flexibility index (Phi) is 4.70. The second kappa shape index (κ2) is 6.29. The summed E-state index contributed by atoms with van der Waals surface area (Å²) in [6.45, 7) is 8.05. The minimum absolute atomic E-state index is 0.174. The van der Waals surface area contributed by atoms with Gasteiger partial charge in [0.05, 0.1) is 11.8 Å². The third-order valence-electron chi connectivity index (χ3n) is 3.11. The maximum Gasteiger partial charge on any atom is 0.143 e. The highest BCUT2D eigenvalue weighted by Gasteiger charge is 2.16. The Hall–Kier alpha value is -1.22. The Balaban J connectivity index is 1.88. The lowest BCUT2D eigenvalue weighted by Gasteiger charge is -2.23. The zero-order chi connectivity index (χ0) is 13.7. The normalized spacial score (nSPS) is 19.4. The highest BCUT2D eigenvalue weighted by Crippen LogP contribution is 2.27. The predicted molar refractivity (Wildman–Crippen MR) is 78.9 cm³/mol. The van der Waals surface area contributed by atoms with Gasteiger partial charge < -0.3 is 14.8 Å². The van der Waals surface area contributed by atoms with Crippen LogP contribution in [0.2, 0.25) is 0 Å². The third-order valence-corrected chi connectivity index (χ3v) is 3.11. The first-order valence-electron chi connectivity index (χ1n) is 7.18. The maximum absolute atomic E-state index is 5.96. The fourth-order valence-corrected chi connectivity index (χ4v) is 2.27. The van der Waals surface area contributed by atoms with E-state index in [0.29, 0.717) is 6.10 Å². The van der Waals surface area contributed by atoms with Crippen molar-refractivity contribution < 1.29 is 9.47 Å². The molecule has 0 amide bonds. The van der Waals surface area contributed by atoms with Crippen LogP contribution >= 0.6 is 0 Å². The lowest BCUT2D eigenvalue weighted by molar-refractivity contribution is 0.107. The molecule has 3 heteroatoms. The summed E-state index contributed by atoms with van der Waals surface area (Å²) in [6, 6.07) is 8.12. The van der Waals surface area contributed by atoms with Crippen LogP contribution in [-0.4, -0.2) is 24.9 Å². The molecule has 19 heavy (non-hydrogen) atoms. The van der Waals surface area contributed by atoms with Gasteiger partial charge in [-0.3, -0.25) is 0 Å². The number of para-hydroxylation sites is 2. The summed E-state index contributed by atoms with van der Waals surface area (Å²) in [4.78, 5) is 0. The number of hydrogen-bond acceptors (Lipinski definition) is 3. The van der Waals surface area contributed by atoms with Gasteiger partial charge in [-0.15, -0.1) is 0 Å². The Labute approximate surface area is 116 Å². The van der Waals surface area contributed by atoms with Crippen LogP contribution in [0.3, 0.4) is 0 Å². The lowest BCUT2D eigenvalue weighted by atomic mass is 10.1. The van der Waals surface area contributed by atoms with Gasteiger partial charge in [0.1, 0.15) is 11.4 Å². The van der Waals surface area contributed by atoms with Gasteiger partial charge in [0.25, 0.3) is 0 Å². The zero-order valence-corrected chi connectivity index (χ0v) is 12.2. The van der Waals surface area contributed by atoms with Crippen molar-refractivity contribution in [1.82, 2.24) is 0 Å². The van der Waals surface area contributed by atoms with Crippen LogP contribution in [0, 0.1) is 0 Å². The molecule has 0 bridgehead atoms. The molecule has 1 saturated heterocycles. The van der Waals surface area contributed by atoms with Gasteiger partial charge in [0.15, 0.2) is 0 Å². The summed E-state index contributed by atoms with van der Waals surface area (Å²) in [5.41, 5.74) is 0.891. The largest absolute Gasteiger partial charge is 0.486 e. The van der Waals surface area contributed by atoms with E-state index in [2.05, 4.69) is 32.2 Å². The van der Waals surface area contributed by atoms with E-state index in [0.717, 1.165) is 31.0 Å². The highest BCUT2D eigenvalue weighted by atomic mass is 16.5. The van der Waals surface area contributed by atoms with Crippen molar-refractivity contribution in [2.45, 2.75) is 51.7 Å². The van der Waals surface area contributed by atoms with Crippen molar-refractivity contribution in [3.63, 3.8) is 0 Å². The fourth-order valence-electron chi connectivity index (χ4n) is 2.27. The van der Waals surface area contributed by atoms with E-state index >= 15 is 0 Å². The van der Waals surface area contributed by atoms with Gasteiger partial charge in [-0.1, -0.05) is 12.1 Å². The first-order chi connectivity index (χ1) is 9.04. The highest BCUT2D eigenvalue weighted by molar-refractivity contribution is 5.56. The molecule has 106 valence electrons. The number of anilines is 1. The van der Waals surface area contributed by atoms with Crippen molar-refractivity contribution in [2.24, 2.45) is 0 Å². The summed E-state index contributed by atoms with van der Waals surface area (Å²) in [5.74, 6) is 0.919. The van der Waals surface area contributed by atoms with Crippen LogP contribution < -0.4 is 10.1 Å². The van der Waals surface area contributed by atoms with Crippen LogP contribution in [0.25, 0.3) is 0 Å². The zero-order valence-electron chi connectivity index (χ0n) is 12.2. The van der Waals surface area contributed by atoms with Gasteiger partial charge in [0.2, 0.25) is 0 Å². The smallest absolute Gasteiger partial charge is 0.143 e. The summed E-state index contributed by atoms with van der Waals surface area (Å²) < 4.78 is 11.6. The molecule has 1 aromatic rings. The standard InChI is InChI=1S/C16H25NO2/c1-16(2,3)19-15-9-5-4-8-14(15)17-11-10-13-7-6-12-18-13/h4-5,8-9,13,17H,6-7,10-12H2,1-3H3. The van der Waals surface area contributed by atoms with E-state index < -0.39 is 0 Å². The van der Waals surface area contributed by atoms with Gasteiger partial charge in [-0.2, -0.15) is 0 Å². The number of benzene rings is 1. The molecule has 1 atom stereocenters. The predicted octanol–water partition coefficient (Wildman–Crippen LogP) is 3.84. The summed E-state index contributed by atoms with van der Waals surface area (Å²) >= 11 is 0. The van der Waals surface area contributed by atoms with Crippen molar-refractivity contribution in [2.75, 3.05) is 18.5 Å². The number of ether oxygens (including phenoxy) is 2. The minimum Gasteiger partial charge on any atom is -0.486 e.